The van der Waals surface area contributed by atoms with Gasteiger partial charge in [0.2, 0.25) is 5.91 Å². The van der Waals surface area contributed by atoms with Crippen LogP contribution in [0.1, 0.15) is 34.3 Å². The third kappa shape index (κ3) is 3.50. The monoisotopic (exact) mass is 379 g/mol. The first-order valence-electron chi connectivity index (χ1n) is 9.37. The van der Waals surface area contributed by atoms with Gasteiger partial charge in [-0.25, -0.2) is 4.79 Å². The predicted octanol–water partition coefficient (Wildman–Crippen LogP) is 2.92. The van der Waals surface area contributed by atoms with E-state index in [1.165, 1.54) is 30.4 Å². The lowest BCUT2D eigenvalue weighted by Crippen LogP contribution is -2.27. The topological polar surface area (TPSA) is 72.9 Å². The molecule has 6 nitrogen and oxygen atoms in total. The first kappa shape index (κ1) is 18.2. The SMILES string of the molecule is COC(=O)c1ccc(OC(=O)C2CC(=O)N(c3ccc4c(c3)CCC4)C2)cc1. The van der Waals surface area contributed by atoms with Gasteiger partial charge in [0.25, 0.3) is 0 Å². The van der Waals surface area contributed by atoms with Gasteiger partial charge in [-0.2, -0.15) is 0 Å². The highest BCUT2D eigenvalue weighted by atomic mass is 16.5. The Balaban J connectivity index is 1.42. The molecule has 2 aromatic carbocycles. The maximum absolute atomic E-state index is 12.5. The summed E-state index contributed by atoms with van der Waals surface area (Å²) in [5, 5.41) is 0. The van der Waals surface area contributed by atoms with Crippen molar-refractivity contribution in [3.63, 3.8) is 0 Å². The zero-order chi connectivity index (χ0) is 19.7. The molecule has 2 aliphatic rings. The minimum absolute atomic E-state index is 0.0686. The first-order chi connectivity index (χ1) is 13.5. The molecule has 1 heterocycles. The number of nitrogens with zero attached hydrogens (tertiary/aromatic N) is 1. The summed E-state index contributed by atoms with van der Waals surface area (Å²) in [4.78, 5) is 38.1. The number of carbonyl (C=O) groups is 3. The molecule has 28 heavy (non-hydrogen) atoms. The Bertz CT molecular complexity index is 934. The molecule has 1 aliphatic heterocycles. The average molecular weight is 379 g/mol. The number of benzene rings is 2. The Kier molecular flexibility index (Phi) is 4.86. The Morgan fingerprint density at radius 3 is 2.54 bits per heavy atom. The summed E-state index contributed by atoms with van der Waals surface area (Å²) in [5.74, 6) is -1.14. The zero-order valence-corrected chi connectivity index (χ0v) is 15.6. The summed E-state index contributed by atoms with van der Waals surface area (Å²) in [5.41, 5.74) is 3.87. The van der Waals surface area contributed by atoms with E-state index >= 15 is 0 Å². The van der Waals surface area contributed by atoms with Gasteiger partial charge in [-0.3, -0.25) is 9.59 Å². The van der Waals surface area contributed by atoms with Gasteiger partial charge in [0.05, 0.1) is 18.6 Å². The number of carbonyl (C=O) groups excluding carboxylic acids is 3. The number of hydrogen-bond donors (Lipinski definition) is 0. The molecule has 1 fully saturated rings. The van der Waals surface area contributed by atoms with Crippen LogP contribution in [-0.2, 0) is 27.2 Å². The fourth-order valence-corrected chi connectivity index (χ4v) is 3.82. The van der Waals surface area contributed by atoms with Gasteiger partial charge in [-0.1, -0.05) is 6.07 Å². The van der Waals surface area contributed by atoms with Crippen molar-refractivity contribution in [2.75, 3.05) is 18.6 Å². The fraction of sp³-hybridized carbons (Fsp3) is 0.318. The van der Waals surface area contributed by atoms with Gasteiger partial charge < -0.3 is 14.4 Å². The highest BCUT2D eigenvalue weighted by molar-refractivity contribution is 5.99. The quantitative estimate of drug-likeness (QED) is 0.603. The summed E-state index contributed by atoms with van der Waals surface area (Å²) in [6.07, 6.45) is 3.41. The van der Waals surface area contributed by atoms with Crippen molar-refractivity contribution >= 4 is 23.5 Å². The number of amides is 1. The number of fused-ring (bicyclic) bond motifs is 1. The molecule has 144 valence electrons. The lowest BCUT2D eigenvalue weighted by Gasteiger charge is -2.17. The van der Waals surface area contributed by atoms with Gasteiger partial charge >= 0.3 is 11.9 Å². The van der Waals surface area contributed by atoms with Crippen LogP contribution in [0.4, 0.5) is 5.69 Å². The summed E-state index contributed by atoms with van der Waals surface area (Å²) in [6, 6.07) is 12.3. The number of esters is 2. The lowest BCUT2D eigenvalue weighted by molar-refractivity contribution is -0.139. The van der Waals surface area contributed by atoms with Gasteiger partial charge in [0, 0.05) is 18.7 Å². The van der Waals surface area contributed by atoms with Crippen LogP contribution in [0.25, 0.3) is 0 Å². The number of ether oxygens (including phenoxy) is 2. The molecule has 2 aromatic rings. The predicted molar refractivity (Wildman–Crippen MR) is 102 cm³/mol. The van der Waals surface area contributed by atoms with E-state index in [0.29, 0.717) is 17.9 Å². The Morgan fingerprint density at radius 2 is 1.79 bits per heavy atom. The third-order valence-electron chi connectivity index (χ3n) is 5.35. The smallest absolute Gasteiger partial charge is 0.337 e. The summed E-state index contributed by atoms with van der Waals surface area (Å²) < 4.78 is 10.0. The van der Waals surface area contributed by atoms with Gasteiger partial charge in [0.1, 0.15) is 5.75 Å². The molecule has 0 N–H and O–H groups in total. The first-order valence-corrected chi connectivity index (χ1v) is 9.37. The van der Waals surface area contributed by atoms with Crippen molar-refractivity contribution in [3.05, 3.63) is 59.2 Å². The molecule has 0 bridgehead atoms. The van der Waals surface area contributed by atoms with Crippen molar-refractivity contribution in [2.24, 2.45) is 5.92 Å². The molecular formula is C22H21NO5. The van der Waals surface area contributed by atoms with Crippen LogP contribution in [-0.4, -0.2) is 31.5 Å². The lowest BCUT2D eigenvalue weighted by atomic mass is 10.1. The highest BCUT2D eigenvalue weighted by Crippen LogP contribution is 2.31. The molecule has 6 heteroatoms. The molecule has 1 amide bonds. The third-order valence-corrected chi connectivity index (χ3v) is 5.35. The van der Waals surface area contributed by atoms with Gasteiger partial charge in [0.15, 0.2) is 0 Å². The van der Waals surface area contributed by atoms with Crippen LogP contribution in [0.15, 0.2) is 42.5 Å². The average Bonchev–Trinajstić information content (AvgIpc) is 3.33. The van der Waals surface area contributed by atoms with E-state index < -0.39 is 17.9 Å². The number of anilines is 1. The molecule has 1 unspecified atom stereocenters. The number of aryl methyl sites for hydroxylation is 2. The molecule has 1 atom stereocenters. The van der Waals surface area contributed by atoms with Crippen LogP contribution < -0.4 is 9.64 Å². The van der Waals surface area contributed by atoms with Gasteiger partial charge in [-0.05, 0) is 66.8 Å². The van der Waals surface area contributed by atoms with Crippen LogP contribution >= 0.6 is 0 Å². The number of rotatable bonds is 4. The van der Waals surface area contributed by atoms with E-state index in [4.69, 9.17) is 4.74 Å². The van der Waals surface area contributed by atoms with E-state index in [2.05, 4.69) is 16.9 Å². The second-order valence-corrected chi connectivity index (χ2v) is 7.15. The number of hydrogen-bond acceptors (Lipinski definition) is 5. The Hall–Kier alpha value is -3.15. The van der Waals surface area contributed by atoms with Crippen molar-refractivity contribution in [3.8, 4) is 5.75 Å². The zero-order valence-electron chi connectivity index (χ0n) is 15.6. The van der Waals surface area contributed by atoms with Crippen molar-refractivity contribution in [1.82, 2.24) is 0 Å². The summed E-state index contributed by atoms with van der Waals surface area (Å²) in [6.45, 7) is 0.316. The molecular weight excluding hydrogens is 358 g/mol. The molecule has 0 aromatic heterocycles. The summed E-state index contributed by atoms with van der Waals surface area (Å²) in [7, 11) is 1.31. The molecule has 4 rings (SSSR count). The highest BCUT2D eigenvalue weighted by Gasteiger charge is 2.36. The maximum atomic E-state index is 12.5. The molecule has 0 saturated carbocycles. The minimum Gasteiger partial charge on any atom is -0.465 e. The molecule has 0 spiro atoms. The second-order valence-electron chi connectivity index (χ2n) is 7.15. The van der Waals surface area contributed by atoms with Crippen molar-refractivity contribution < 1.29 is 23.9 Å². The van der Waals surface area contributed by atoms with E-state index in [1.807, 2.05) is 6.07 Å². The molecule has 0 radical (unpaired) electrons. The molecule has 1 aliphatic carbocycles. The largest absolute Gasteiger partial charge is 0.465 e. The Labute approximate surface area is 163 Å². The summed E-state index contributed by atoms with van der Waals surface area (Å²) >= 11 is 0. The Morgan fingerprint density at radius 1 is 1.04 bits per heavy atom. The van der Waals surface area contributed by atoms with Crippen molar-refractivity contribution in [2.45, 2.75) is 25.7 Å². The normalized spacial score (nSPS) is 18.1. The minimum atomic E-state index is -0.513. The van der Waals surface area contributed by atoms with E-state index in [1.54, 1.807) is 17.0 Å². The maximum Gasteiger partial charge on any atom is 0.337 e. The second kappa shape index (κ2) is 7.46. The standard InChI is InChI=1S/C22H21NO5/c1-27-21(25)15-6-9-19(10-7-15)28-22(26)17-12-20(24)23(13-17)18-8-5-14-3-2-4-16(14)11-18/h5-11,17H,2-4,12-13H2,1H3. The van der Waals surface area contributed by atoms with E-state index in [-0.39, 0.29) is 12.3 Å². The van der Waals surface area contributed by atoms with Crippen LogP contribution in [0.5, 0.6) is 5.75 Å². The van der Waals surface area contributed by atoms with Crippen LogP contribution in [0, 0.1) is 5.92 Å². The van der Waals surface area contributed by atoms with Crippen LogP contribution in [0.2, 0.25) is 0 Å². The number of methoxy groups -OCH3 is 1. The van der Waals surface area contributed by atoms with Crippen molar-refractivity contribution in [1.29, 1.82) is 0 Å². The van der Waals surface area contributed by atoms with E-state index in [0.717, 1.165) is 24.9 Å². The van der Waals surface area contributed by atoms with Gasteiger partial charge in [-0.15, -0.1) is 0 Å². The van der Waals surface area contributed by atoms with E-state index in [9.17, 15) is 14.4 Å². The fourth-order valence-electron chi connectivity index (χ4n) is 3.82. The van der Waals surface area contributed by atoms with Crippen LogP contribution in [0.3, 0.4) is 0 Å². The molecule has 1 saturated heterocycles.